The van der Waals surface area contributed by atoms with Gasteiger partial charge in [0.1, 0.15) is 6.04 Å². The van der Waals surface area contributed by atoms with Crippen LogP contribution in [0.15, 0.2) is 11.6 Å². The molecule has 0 aromatic heterocycles. The summed E-state index contributed by atoms with van der Waals surface area (Å²) in [5.74, 6) is 2.97. The minimum atomic E-state index is -0.915. The van der Waals surface area contributed by atoms with Crippen LogP contribution in [0.5, 0.6) is 0 Å². The van der Waals surface area contributed by atoms with Crippen molar-refractivity contribution in [2.24, 2.45) is 23.5 Å². The average Bonchev–Trinajstić information content (AvgIpc) is 2.58. The van der Waals surface area contributed by atoms with Crippen LogP contribution in [-0.4, -0.2) is 28.6 Å². The van der Waals surface area contributed by atoms with Gasteiger partial charge in [0, 0.05) is 11.5 Å². The third-order valence-corrected chi connectivity index (χ3v) is 6.30. The highest BCUT2D eigenvalue weighted by atomic mass is 32.2. The molecule has 3 atom stereocenters. The molecular formula is C23H45NO2S. The Balaban J connectivity index is 3.67. The van der Waals surface area contributed by atoms with Crippen LogP contribution in [0.3, 0.4) is 0 Å². The summed E-state index contributed by atoms with van der Waals surface area (Å²) < 4.78 is 0. The number of hydrogen-bond donors (Lipinski definition) is 2. The minimum absolute atomic E-state index is 0.478. The molecule has 0 aliphatic carbocycles. The van der Waals surface area contributed by atoms with E-state index in [1.165, 1.54) is 56.9 Å². The number of aliphatic carboxylic acids is 1. The molecular weight excluding hydrogens is 354 g/mol. The molecule has 0 aromatic rings. The maximum absolute atomic E-state index is 10.7. The largest absolute Gasteiger partial charge is 0.480 e. The van der Waals surface area contributed by atoms with Gasteiger partial charge in [-0.15, -0.1) is 0 Å². The van der Waals surface area contributed by atoms with Gasteiger partial charge in [0.25, 0.3) is 0 Å². The molecule has 0 amide bonds. The van der Waals surface area contributed by atoms with Crippen LogP contribution < -0.4 is 5.73 Å². The number of nitrogens with two attached hydrogens (primary N) is 1. The number of carboxylic acids is 1. The highest BCUT2D eigenvalue weighted by Crippen LogP contribution is 2.22. The Hall–Kier alpha value is -0.480. The van der Waals surface area contributed by atoms with Gasteiger partial charge in [-0.2, -0.15) is 11.8 Å². The molecule has 4 heteroatoms. The molecule has 0 radical (unpaired) electrons. The van der Waals surface area contributed by atoms with Gasteiger partial charge >= 0.3 is 5.97 Å². The molecule has 3 N–H and O–H groups in total. The molecule has 3 unspecified atom stereocenters. The van der Waals surface area contributed by atoms with Crippen LogP contribution in [0.2, 0.25) is 0 Å². The lowest BCUT2D eigenvalue weighted by atomic mass is 9.91. The standard InChI is InChI=1S/C23H45NO2S/c1-18(2)9-6-10-19(3)11-7-12-20(4)13-8-14-21(5)15-16-27-17-22(24)23(25)26/h15,18-20,22H,6-14,16-17,24H2,1-5H3,(H,25,26). The van der Waals surface area contributed by atoms with Crippen LogP contribution in [-0.2, 0) is 4.79 Å². The number of rotatable bonds is 17. The van der Waals surface area contributed by atoms with Gasteiger partial charge in [-0.25, -0.2) is 0 Å². The van der Waals surface area contributed by atoms with Crippen LogP contribution in [0, 0.1) is 17.8 Å². The molecule has 0 bridgehead atoms. The van der Waals surface area contributed by atoms with Gasteiger partial charge in [-0.1, -0.05) is 84.3 Å². The lowest BCUT2D eigenvalue weighted by Gasteiger charge is -2.15. The Bertz CT molecular complexity index is 409. The van der Waals surface area contributed by atoms with Crippen LogP contribution in [0.1, 0.15) is 92.4 Å². The summed E-state index contributed by atoms with van der Waals surface area (Å²) in [6.07, 6.45) is 14.2. The van der Waals surface area contributed by atoms with Crippen LogP contribution in [0.25, 0.3) is 0 Å². The zero-order chi connectivity index (χ0) is 20.7. The zero-order valence-corrected chi connectivity index (χ0v) is 19.3. The summed E-state index contributed by atoms with van der Waals surface area (Å²) in [5.41, 5.74) is 6.91. The molecule has 0 heterocycles. The van der Waals surface area contributed by atoms with E-state index in [-0.39, 0.29) is 0 Å². The van der Waals surface area contributed by atoms with Crippen molar-refractivity contribution in [1.82, 2.24) is 0 Å². The molecule has 0 fully saturated rings. The van der Waals surface area contributed by atoms with E-state index in [9.17, 15) is 4.79 Å². The average molecular weight is 400 g/mol. The topological polar surface area (TPSA) is 63.3 Å². The number of allylic oxidation sites excluding steroid dienone is 1. The van der Waals surface area contributed by atoms with Gasteiger partial charge < -0.3 is 10.8 Å². The molecule has 0 aliphatic rings. The SMILES string of the molecule is CC(=CCSCC(N)C(=O)O)CCCC(C)CCCC(C)CCCC(C)C. The summed E-state index contributed by atoms with van der Waals surface area (Å²) in [6, 6.07) is -0.748. The van der Waals surface area contributed by atoms with Crippen molar-refractivity contribution < 1.29 is 9.90 Å². The predicted molar refractivity (Wildman–Crippen MR) is 121 cm³/mol. The van der Waals surface area contributed by atoms with Crippen molar-refractivity contribution in [3.8, 4) is 0 Å². The summed E-state index contributed by atoms with van der Waals surface area (Å²) in [4.78, 5) is 10.7. The third kappa shape index (κ3) is 17.4. The predicted octanol–water partition coefficient (Wildman–Crippen LogP) is 6.52. The fraction of sp³-hybridized carbons (Fsp3) is 0.870. The van der Waals surface area contributed by atoms with Crippen molar-refractivity contribution in [1.29, 1.82) is 0 Å². The highest BCUT2D eigenvalue weighted by Gasteiger charge is 2.10. The molecule has 0 aromatic carbocycles. The Morgan fingerprint density at radius 2 is 1.48 bits per heavy atom. The van der Waals surface area contributed by atoms with E-state index < -0.39 is 12.0 Å². The first kappa shape index (κ1) is 26.5. The Morgan fingerprint density at radius 3 is 2.00 bits per heavy atom. The Kier molecular flexibility index (Phi) is 16.2. The summed E-state index contributed by atoms with van der Waals surface area (Å²) in [5, 5.41) is 8.75. The maximum atomic E-state index is 10.7. The number of hydrogen-bond acceptors (Lipinski definition) is 3. The Labute approximate surface area is 172 Å². The molecule has 0 saturated heterocycles. The van der Waals surface area contributed by atoms with E-state index in [2.05, 4.69) is 40.7 Å². The van der Waals surface area contributed by atoms with Crippen molar-refractivity contribution in [3.05, 3.63) is 11.6 Å². The number of thioether (sulfide) groups is 1. The van der Waals surface area contributed by atoms with Crippen molar-refractivity contribution in [2.45, 2.75) is 98.4 Å². The quantitative estimate of drug-likeness (QED) is 0.216. The van der Waals surface area contributed by atoms with Gasteiger partial charge in [0.15, 0.2) is 0 Å². The van der Waals surface area contributed by atoms with Gasteiger partial charge in [0.2, 0.25) is 0 Å². The zero-order valence-electron chi connectivity index (χ0n) is 18.5. The van der Waals surface area contributed by atoms with E-state index in [0.29, 0.717) is 5.75 Å². The van der Waals surface area contributed by atoms with Crippen molar-refractivity contribution in [2.75, 3.05) is 11.5 Å². The van der Waals surface area contributed by atoms with Crippen molar-refractivity contribution >= 4 is 17.7 Å². The number of carbonyl (C=O) groups is 1. The van der Waals surface area contributed by atoms with Gasteiger partial charge in [-0.05, 0) is 37.5 Å². The summed E-state index contributed by atoms with van der Waals surface area (Å²) in [6.45, 7) is 11.6. The lowest BCUT2D eigenvalue weighted by Crippen LogP contribution is -2.32. The first-order chi connectivity index (χ1) is 12.7. The van der Waals surface area contributed by atoms with Crippen molar-refractivity contribution in [3.63, 3.8) is 0 Å². The van der Waals surface area contributed by atoms with Gasteiger partial charge in [0.05, 0.1) is 0 Å². The molecule has 27 heavy (non-hydrogen) atoms. The molecule has 3 nitrogen and oxygen atoms in total. The Morgan fingerprint density at radius 1 is 0.963 bits per heavy atom. The fourth-order valence-corrected chi connectivity index (χ4v) is 4.21. The molecule has 160 valence electrons. The number of carboxylic acid groups (broad SMARTS) is 1. The first-order valence-electron chi connectivity index (χ1n) is 10.9. The fourth-order valence-electron chi connectivity index (χ4n) is 3.28. The third-order valence-electron chi connectivity index (χ3n) is 5.30. The summed E-state index contributed by atoms with van der Waals surface area (Å²) in [7, 11) is 0. The second kappa shape index (κ2) is 16.5. The maximum Gasteiger partial charge on any atom is 0.321 e. The first-order valence-corrected chi connectivity index (χ1v) is 12.1. The molecule has 0 aliphatic heterocycles. The monoisotopic (exact) mass is 399 g/mol. The molecule has 0 saturated carbocycles. The molecule has 0 rings (SSSR count). The smallest absolute Gasteiger partial charge is 0.321 e. The van der Waals surface area contributed by atoms with Crippen LogP contribution >= 0.6 is 11.8 Å². The minimum Gasteiger partial charge on any atom is -0.480 e. The van der Waals surface area contributed by atoms with E-state index in [4.69, 9.17) is 10.8 Å². The van der Waals surface area contributed by atoms with E-state index >= 15 is 0 Å². The van der Waals surface area contributed by atoms with E-state index in [1.54, 1.807) is 11.8 Å². The van der Waals surface area contributed by atoms with Crippen LogP contribution in [0.4, 0.5) is 0 Å². The van der Waals surface area contributed by atoms with E-state index in [0.717, 1.165) is 29.9 Å². The van der Waals surface area contributed by atoms with Gasteiger partial charge in [-0.3, -0.25) is 4.79 Å². The van der Waals surface area contributed by atoms with E-state index in [1.807, 2.05) is 0 Å². The molecule has 0 spiro atoms. The highest BCUT2D eigenvalue weighted by molar-refractivity contribution is 7.99. The second-order valence-electron chi connectivity index (χ2n) is 8.89. The normalized spacial score (nSPS) is 15.7. The lowest BCUT2D eigenvalue weighted by molar-refractivity contribution is -0.137. The second-order valence-corrected chi connectivity index (χ2v) is 9.97. The summed E-state index contributed by atoms with van der Waals surface area (Å²) >= 11 is 1.60.